The van der Waals surface area contributed by atoms with E-state index < -0.39 is 0 Å². The third-order valence-electron chi connectivity index (χ3n) is 4.55. The Balaban J connectivity index is 1.62. The first-order chi connectivity index (χ1) is 12.6. The summed E-state index contributed by atoms with van der Waals surface area (Å²) in [6.45, 7) is 3.92. The van der Waals surface area contributed by atoms with Gasteiger partial charge in [0.25, 0.3) is 0 Å². The molecule has 6 nitrogen and oxygen atoms in total. The minimum Gasteiger partial charge on any atom is -0.496 e. The number of piperidine rings is 1. The van der Waals surface area contributed by atoms with Gasteiger partial charge in [0.1, 0.15) is 5.75 Å². The molecular formula is C19H23BrN4O2. The molecule has 2 aromatic rings. The average molecular weight is 419 g/mol. The standard InChI is InChI=1S/C19H23BrN4O2/c1-13-7-8-21-19(23-13)24-9-3-4-14(12-24)18(25)22-11-15-10-16(20)5-6-17(15)26-2/h5-8,10,14H,3-4,9,11-12H2,1-2H3,(H,22,25)/t14-/m1/s1. The van der Waals surface area contributed by atoms with E-state index in [2.05, 4.69) is 36.1 Å². The van der Waals surface area contributed by atoms with Crippen LogP contribution in [-0.4, -0.2) is 36.1 Å². The summed E-state index contributed by atoms with van der Waals surface area (Å²) in [5, 5.41) is 3.05. The van der Waals surface area contributed by atoms with Crippen molar-refractivity contribution in [1.29, 1.82) is 0 Å². The number of carbonyl (C=O) groups excluding carboxylic acids is 1. The first kappa shape index (κ1) is 18.6. The van der Waals surface area contributed by atoms with Crippen LogP contribution in [0.2, 0.25) is 0 Å². The molecular weight excluding hydrogens is 396 g/mol. The largest absolute Gasteiger partial charge is 0.496 e. The zero-order valence-electron chi connectivity index (χ0n) is 15.0. The molecule has 1 aliphatic rings. The smallest absolute Gasteiger partial charge is 0.225 e. The fourth-order valence-electron chi connectivity index (χ4n) is 3.17. The Bertz CT molecular complexity index is 784. The maximum absolute atomic E-state index is 12.7. The predicted octanol–water partition coefficient (Wildman–Crippen LogP) is 3.09. The highest BCUT2D eigenvalue weighted by Gasteiger charge is 2.27. The van der Waals surface area contributed by atoms with Gasteiger partial charge in [0, 0.05) is 41.6 Å². The van der Waals surface area contributed by atoms with Gasteiger partial charge in [-0.3, -0.25) is 4.79 Å². The normalized spacial score (nSPS) is 17.0. The number of carbonyl (C=O) groups is 1. The van der Waals surface area contributed by atoms with Gasteiger partial charge in [0.15, 0.2) is 0 Å². The van der Waals surface area contributed by atoms with E-state index in [4.69, 9.17) is 4.74 Å². The molecule has 0 unspecified atom stereocenters. The van der Waals surface area contributed by atoms with Crippen LogP contribution in [0.1, 0.15) is 24.1 Å². The van der Waals surface area contributed by atoms with Crippen LogP contribution in [0.5, 0.6) is 5.75 Å². The molecule has 1 aromatic heterocycles. The number of halogens is 1. The molecule has 2 heterocycles. The second kappa shape index (κ2) is 8.49. The summed E-state index contributed by atoms with van der Waals surface area (Å²) in [5.74, 6) is 1.47. The van der Waals surface area contributed by atoms with Crippen LogP contribution >= 0.6 is 15.9 Å². The lowest BCUT2D eigenvalue weighted by Crippen LogP contribution is -2.43. The Morgan fingerprint density at radius 1 is 1.42 bits per heavy atom. The maximum atomic E-state index is 12.7. The van der Waals surface area contributed by atoms with Gasteiger partial charge in [-0.05, 0) is 44.0 Å². The van der Waals surface area contributed by atoms with Gasteiger partial charge < -0.3 is 15.0 Å². The SMILES string of the molecule is COc1ccc(Br)cc1CNC(=O)[C@@H]1CCCN(c2nccc(C)n2)C1. The van der Waals surface area contributed by atoms with Crippen LogP contribution < -0.4 is 15.0 Å². The number of amides is 1. The van der Waals surface area contributed by atoms with Crippen molar-refractivity contribution in [3.8, 4) is 5.75 Å². The van der Waals surface area contributed by atoms with Crippen molar-refractivity contribution in [3.63, 3.8) is 0 Å². The number of anilines is 1. The van der Waals surface area contributed by atoms with E-state index in [9.17, 15) is 4.79 Å². The molecule has 1 N–H and O–H groups in total. The van der Waals surface area contributed by atoms with E-state index >= 15 is 0 Å². The molecule has 7 heteroatoms. The van der Waals surface area contributed by atoms with Crippen LogP contribution in [-0.2, 0) is 11.3 Å². The number of aryl methyl sites for hydroxylation is 1. The zero-order chi connectivity index (χ0) is 18.5. The van der Waals surface area contributed by atoms with E-state index in [0.29, 0.717) is 19.0 Å². The monoisotopic (exact) mass is 418 g/mol. The Morgan fingerprint density at radius 3 is 3.04 bits per heavy atom. The minimum absolute atomic E-state index is 0.0596. The van der Waals surface area contributed by atoms with Gasteiger partial charge in [0.2, 0.25) is 11.9 Å². The van der Waals surface area contributed by atoms with Crippen molar-refractivity contribution in [2.75, 3.05) is 25.1 Å². The molecule has 3 rings (SSSR count). The second-order valence-electron chi connectivity index (χ2n) is 6.46. The molecule has 1 saturated heterocycles. The fourth-order valence-corrected chi connectivity index (χ4v) is 3.58. The fraction of sp³-hybridized carbons (Fsp3) is 0.421. The predicted molar refractivity (Wildman–Crippen MR) is 104 cm³/mol. The topological polar surface area (TPSA) is 67.3 Å². The number of aromatic nitrogens is 2. The molecule has 138 valence electrons. The lowest BCUT2D eigenvalue weighted by molar-refractivity contribution is -0.125. The van der Waals surface area contributed by atoms with Crippen molar-refractivity contribution in [2.45, 2.75) is 26.3 Å². The van der Waals surface area contributed by atoms with Gasteiger partial charge in [-0.15, -0.1) is 0 Å². The summed E-state index contributed by atoms with van der Waals surface area (Å²) < 4.78 is 6.33. The molecule has 1 atom stereocenters. The summed E-state index contributed by atoms with van der Waals surface area (Å²) in [6.07, 6.45) is 3.60. The minimum atomic E-state index is -0.0639. The quantitative estimate of drug-likeness (QED) is 0.807. The lowest BCUT2D eigenvalue weighted by Gasteiger charge is -2.32. The number of benzene rings is 1. The number of rotatable bonds is 5. The van der Waals surface area contributed by atoms with Gasteiger partial charge >= 0.3 is 0 Å². The van der Waals surface area contributed by atoms with E-state index in [1.807, 2.05) is 31.2 Å². The zero-order valence-corrected chi connectivity index (χ0v) is 16.6. The number of methoxy groups -OCH3 is 1. The lowest BCUT2D eigenvalue weighted by atomic mass is 9.97. The highest BCUT2D eigenvalue weighted by atomic mass is 79.9. The van der Waals surface area contributed by atoms with E-state index in [0.717, 1.165) is 40.9 Å². The number of hydrogen-bond donors (Lipinski definition) is 1. The first-order valence-electron chi connectivity index (χ1n) is 8.71. The summed E-state index contributed by atoms with van der Waals surface area (Å²) >= 11 is 3.46. The molecule has 1 fully saturated rings. The Hall–Kier alpha value is -2.15. The van der Waals surface area contributed by atoms with Crippen molar-refractivity contribution in [1.82, 2.24) is 15.3 Å². The Labute approximate surface area is 162 Å². The van der Waals surface area contributed by atoms with Crippen molar-refractivity contribution in [2.24, 2.45) is 5.92 Å². The number of hydrogen-bond acceptors (Lipinski definition) is 5. The molecule has 0 aliphatic carbocycles. The summed E-state index contributed by atoms with van der Waals surface area (Å²) in [5.41, 5.74) is 1.88. The van der Waals surface area contributed by atoms with E-state index in [1.165, 1.54) is 0 Å². The number of nitrogens with one attached hydrogen (secondary N) is 1. The molecule has 0 bridgehead atoms. The molecule has 1 amide bonds. The van der Waals surface area contributed by atoms with Crippen LogP contribution in [0.3, 0.4) is 0 Å². The van der Waals surface area contributed by atoms with E-state index in [-0.39, 0.29) is 11.8 Å². The molecule has 0 radical (unpaired) electrons. The van der Waals surface area contributed by atoms with Crippen LogP contribution in [0, 0.1) is 12.8 Å². The first-order valence-corrected chi connectivity index (χ1v) is 9.51. The van der Waals surface area contributed by atoms with Gasteiger partial charge in [-0.1, -0.05) is 15.9 Å². The van der Waals surface area contributed by atoms with Gasteiger partial charge in [-0.2, -0.15) is 0 Å². The van der Waals surface area contributed by atoms with Gasteiger partial charge in [0.05, 0.1) is 13.0 Å². The third kappa shape index (κ3) is 4.52. The van der Waals surface area contributed by atoms with E-state index in [1.54, 1.807) is 13.3 Å². The highest BCUT2D eigenvalue weighted by Crippen LogP contribution is 2.24. The Morgan fingerprint density at radius 2 is 2.27 bits per heavy atom. The maximum Gasteiger partial charge on any atom is 0.225 e. The van der Waals surface area contributed by atoms with Gasteiger partial charge in [-0.25, -0.2) is 9.97 Å². The van der Waals surface area contributed by atoms with Crippen LogP contribution in [0.25, 0.3) is 0 Å². The number of nitrogens with zero attached hydrogens (tertiary/aromatic N) is 3. The molecule has 1 aliphatic heterocycles. The highest BCUT2D eigenvalue weighted by molar-refractivity contribution is 9.10. The summed E-state index contributed by atoms with van der Waals surface area (Å²) in [6, 6.07) is 7.66. The summed E-state index contributed by atoms with van der Waals surface area (Å²) in [7, 11) is 1.63. The Kier molecular flexibility index (Phi) is 6.08. The molecule has 26 heavy (non-hydrogen) atoms. The molecule has 0 saturated carbocycles. The van der Waals surface area contributed by atoms with Crippen LogP contribution in [0.4, 0.5) is 5.95 Å². The molecule has 1 aromatic carbocycles. The summed E-state index contributed by atoms with van der Waals surface area (Å²) in [4.78, 5) is 23.6. The van der Waals surface area contributed by atoms with Crippen molar-refractivity contribution >= 4 is 27.8 Å². The third-order valence-corrected chi connectivity index (χ3v) is 5.05. The number of ether oxygens (including phenoxy) is 1. The van der Waals surface area contributed by atoms with Crippen LogP contribution in [0.15, 0.2) is 34.9 Å². The second-order valence-corrected chi connectivity index (χ2v) is 7.37. The molecule has 0 spiro atoms. The van der Waals surface area contributed by atoms with Crippen molar-refractivity contribution < 1.29 is 9.53 Å². The average Bonchev–Trinajstić information content (AvgIpc) is 2.66. The van der Waals surface area contributed by atoms with Crippen molar-refractivity contribution in [3.05, 3.63) is 46.2 Å².